The molecule has 0 bridgehead atoms. The molecule has 0 heterocycles. The van der Waals surface area contributed by atoms with Gasteiger partial charge in [-0.25, -0.2) is 8.42 Å². The van der Waals surface area contributed by atoms with Gasteiger partial charge in [0.2, 0.25) is 0 Å². The fourth-order valence-corrected chi connectivity index (χ4v) is 3.97. The van der Waals surface area contributed by atoms with Gasteiger partial charge in [-0.05, 0) is 48.5 Å². The number of amides is 2. The number of hydrazine groups is 1. The average molecular weight is 490 g/mol. The molecule has 3 rings (SSSR count). The van der Waals surface area contributed by atoms with Crippen LogP contribution < -0.4 is 25.0 Å². The molecule has 3 aromatic rings. The molecule has 0 unspecified atom stereocenters. The van der Waals surface area contributed by atoms with Crippen LogP contribution in [-0.2, 0) is 14.8 Å². The van der Waals surface area contributed by atoms with E-state index in [1.807, 2.05) is 0 Å². The zero-order chi connectivity index (χ0) is 23.8. The summed E-state index contributed by atoms with van der Waals surface area (Å²) in [6, 6.07) is 18.4. The number of rotatable bonds is 8. The Bertz CT molecular complexity index is 1270. The lowest BCUT2D eigenvalue weighted by Crippen LogP contribution is -2.43. The summed E-state index contributed by atoms with van der Waals surface area (Å²) < 4.78 is 38.4. The van der Waals surface area contributed by atoms with Gasteiger partial charge in [0, 0.05) is 10.6 Å². The van der Waals surface area contributed by atoms with Crippen LogP contribution in [0.3, 0.4) is 0 Å². The molecule has 0 radical (unpaired) electrons. The fourth-order valence-electron chi connectivity index (χ4n) is 2.68. The Morgan fingerprint density at radius 1 is 0.939 bits per heavy atom. The normalized spacial score (nSPS) is 10.7. The monoisotopic (exact) mass is 489 g/mol. The number of benzene rings is 3. The molecule has 0 aliphatic heterocycles. The molecular formula is C22H20ClN3O6S. The van der Waals surface area contributed by atoms with Gasteiger partial charge in [0.15, 0.2) is 6.61 Å². The summed E-state index contributed by atoms with van der Waals surface area (Å²) in [6.07, 6.45) is 0. The lowest BCUT2D eigenvalue weighted by molar-refractivity contribution is -0.123. The van der Waals surface area contributed by atoms with Gasteiger partial charge in [0.1, 0.15) is 11.5 Å². The minimum Gasteiger partial charge on any atom is -0.495 e. The molecule has 172 valence electrons. The fraction of sp³-hybridized carbons (Fsp3) is 0.0909. The van der Waals surface area contributed by atoms with Crippen LogP contribution in [0.15, 0.2) is 77.7 Å². The third-order valence-electron chi connectivity index (χ3n) is 4.24. The van der Waals surface area contributed by atoms with Gasteiger partial charge in [0.05, 0.1) is 17.7 Å². The Morgan fingerprint density at radius 2 is 1.70 bits per heavy atom. The number of anilines is 1. The number of ether oxygens (including phenoxy) is 2. The molecule has 0 atom stereocenters. The number of carbonyl (C=O) groups is 2. The maximum atomic E-state index is 12.8. The van der Waals surface area contributed by atoms with E-state index in [1.165, 1.54) is 31.4 Å². The minimum atomic E-state index is -4.00. The highest BCUT2D eigenvalue weighted by atomic mass is 35.5. The lowest BCUT2D eigenvalue weighted by Gasteiger charge is -2.12. The number of halogens is 1. The van der Waals surface area contributed by atoms with Crippen LogP contribution >= 0.6 is 11.6 Å². The van der Waals surface area contributed by atoms with Crippen molar-refractivity contribution in [1.82, 2.24) is 10.9 Å². The number of carbonyl (C=O) groups excluding carboxylic acids is 2. The third-order valence-corrected chi connectivity index (χ3v) is 5.84. The Kier molecular flexibility index (Phi) is 7.75. The van der Waals surface area contributed by atoms with Gasteiger partial charge in [-0.15, -0.1) is 0 Å². The zero-order valence-electron chi connectivity index (χ0n) is 17.4. The Morgan fingerprint density at radius 3 is 2.45 bits per heavy atom. The zero-order valence-corrected chi connectivity index (χ0v) is 18.9. The smallest absolute Gasteiger partial charge is 0.276 e. The Labute approximate surface area is 195 Å². The maximum absolute atomic E-state index is 12.8. The average Bonchev–Trinajstić information content (AvgIpc) is 2.81. The van der Waals surface area contributed by atoms with E-state index in [0.717, 1.165) is 0 Å². The van der Waals surface area contributed by atoms with Crippen LogP contribution in [0.1, 0.15) is 10.4 Å². The second-order valence-corrected chi connectivity index (χ2v) is 8.70. The number of hydrogen-bond donors (Lipinski definition) is 3. The van der Waals surface area contributed by atoms with E-state index in [4.69, 9.17) is 21.1 Å². The van der Waals surface area contributed by atoms with Gasteiger partial charge in [-0.1, -0.05) is 35.9 Å². The van der Waals surface area contributed by atoms with Crippen molar-refractivity contribution in [2.75, 3.05) is 18.4 Å². The van der Waals surface area contributed by atoms with Crippen LogP contribution in [0.2, 0.25) is 5.02 Å². The van der Waals surface area contributed by atoms with Crippen LogP contribution in [0.4, 0.5) is 5.69 Å². The topological polar surface area (TPSA) is 123 Å². The highest BCUT2D eigenvalue weighted by molar-refractivity contribution is 7.92. The van der Waals surface area contributed by atoms with E-state index >= 15 is 0 Å². The number of nitrogens with one attached hydrogen (secondary N) is 3. The van der Waals surface area contributed by atoms with Crippen LogP contribution in [0, 0.1) is 0 Å². The molecule has 3 aromatic carbocycles. The molecule has 0 saturated heterocycles. The molecule has 0 aromatic heterocycles. The molecule has 11 heteroatoms. The molecule has 9 nitrogen and oxygen atoms in total. The summed E-state index contributed by atoms with van der Waals surface area (Å²) >= 11 is 5.84. The van der Waals surface area contributed by atoms with Crippen molar-refractivity contribution in [3.05, 3.63) is 83.4 Å². The SMILES string of the molecule is COc1ccccc1NS(=O)(=O)c1cccc(C(=O)NNC(=O)COc2cccc(Cl)c2)c1. The highest BCUT2D eigenvalue weighted by Crippen LogP contribution is 2.26. The van der Waals surface area contributed by atoms with Crippen molar-refractivity contribution in [1.29, 1.82) is 0 Å². The third kappa shape index (κ3) is 6.61. The van der Waals surface area contributed by atoms with Gasteiger partial charge in [0.25, 0.3) is 21.8 Å². The Hall–Kier alpha value is -3.76. The first-order chi connectivity index (χ1) is 15.8. The van der Waals surface area contributed by atoms with Crippen molar-refractivity contribution in [2.24, 2.45) is 0 Å². The first-order valence-electron chi connectivity index (χ1n) is 9.52. The van der Waals surface area contributed by atoms with Gasteiger partial charge >= 0.3 is 0 Å². The van der Waals surface area contributed by atoms with E-state index in [9.17, 15) is 18.0 Å². The highest BCUT2D eigenvalue weighted by Gasteiger charge is 2.18. The number of para-hydroxylation sites is 2. The number of hydrogen-bond acceptors (Lipinski definition) is 6. The summed E-state index contributed by atoms with van der Waals surface area (Å²) in [5, 5.41) is 0.455. The van der Waals surface area contributed by atoms with E-state index in [1.54, 1.807) is 48.5 Å². The predicted molar refractivity (Wildman–Crippen MR) is 123 cm³/mol. The lowest BCUT2D eigenvalue weighted by atomic mass is 10.2. The molecule has 2 amide bonds. The minimum absolute atomic E-state index is 0.0222. The quantitative estimate of drug-likeness (QED) is 0.418. The summed E-state index contributed by atoms with van der Waals surface area (Å²) in [6.45, 7) is -0.363. The van der Waals surface area contributed by atoms with Crippen molar-refractivity contribution >= 4 is 39.1 Å². The second kappa shape index (κ2) is 10.7. The Balaban J connectivity index is 1.61. The van der Waals surface area contributed by atoms with Crippen molar-refractivity contribution in [3.63, 3.8) is 0 Å². The maximum Gasteiger partial charge on any atom is 0.276 e. The van der Waals surface area contributed by atoms with Gasteiger partial charge < -0.3 is 9.47 Å². The largest absolute Gasteiger partial charge is 0.495 e. The summed E-state index contributed by atoms with van der Waals surface area (Å²) in [7, 11) is -2.58. The van der Waals surface area contributed by atoms with Crippen molar-refractivity contribution < 1.29 is 27.5 Å². The standard InChI is InChI=1S/C22H20ClN3O6S/c1-31-20-11-3-2-10-19(20)26-33(29,30)18-9-4-6-15(12-18)22(28)25-24-21(27)14-32-17-8-5-7-16(23)13-17/h2-13,26H,14H2,1H3,(H,24,27)(H,25,28). The molecular weight excluding hydrogens is 470 g/mol. The van der Waals surface area contributed by atoms with Crippen LogP contribution in [0.5, 0.6) is 11.5 Å². The summed E-state index contributed by atoms with van der Waals surface area (Å²) in [5.74, 6) is -0.590. The first kappa shape index (κ1) is 23.9. The summed E-state index contributed by atoms with van der Waals surface area (Å²) in [5.41, 5.74) is 4.69. The number of sulfonamides is 1. The van der Waals surface area contributed by atoms with E-state index in [-0.39, 0.29) is 22.8 Å². The van der Waals surface area contributed by atoms with E-state index in [2.05, 4.69) is 15.6 Å². The van der Waals surface area contributed by atoms with Gasteiger partial charge in [-0.3, -0.25) is 25.2 Å². The molecule has 0 fully saturated rings. The van der Waals surface area contributed by atoms with E-state index in [0.29, 0.717) is 16.5 Å². The first-order valence-corrected chi connectivity index (χ1v) is 11.4. The van der Waals surface area contributed by atoms with Crippen LogP contribution in [-0.4, -0.2) is 33.9 Å². The molecule has 0 aliphatic rings. The van der Waals surface area contributed by atoms with Crippen molar-refractivity contribution in [2.45, 2.75) is 4.90 Å². The summed E-state index contributed by atoms with van der Waals surface area (Å²) in [4.78, 5) is 24.2. The molecule has 0 aliphatic carbocycles. The second-order valence-electron chi connectivity index (χ2n) is 6.58. The number of methoxy groups -OCH3 is 1. The predicted octanol–water partition coefficient (Wildman–Crippen LogP) is 2.99. The molecule has 0 spiro atoms. The van der Waals surface area contributed by atoms with Crippen LogP contribution in [0.25, 0.3) is 0 Å². The molecule has 3 N–H and O–H groups in total. The van der Waals surface area contributed by atoms with Gasteiger partial charge in [-0.2, -0.15) is 0 Å². The van der Waals surface area contributed by atoms with E-state index < -0.39 is 21.8 Å². The van der Waals surface area contributed by atoms with Crippen molar-refractivity contribution in [3.8, 4) is 11.5 Å². The molecule has 0 saturated carbocycles. The molecule has 33 heavy (non-hydrogen) atoms.